The second kappa shape index (κ2) is 4.04. The number of pyridine rings is 1. The summed E-state index contributed by atoms with van der Waals surface area (Å²) in [5.74, 6) is 0. The highest BCUT2D eigenvalue weighted by molar-refractivity contribution is 5.45. The molecule has 0 saturated carbocycles. The van der Waals surface area contributed by atoms with Gasteiger partial charge in [0, 0.05) is 11.9 Å². The van der Waals surface area contributed by atoms with E-state index in [2.05, 4.69) is 4.98 Å². The predicted molar refractivity (Wildman–Crippen MR) is 43.6 cm³/mol. The molecule has 0 amide bonds. The molecule has 0 N–H and O–H groups in total. The average Bonchev–Trinajstić information content (AvgIpc) is 2.15. The molecule has 0 spiro atoms. The fourth-order valence-electron chi connectivity index (χ4n) is 1.28. The summed E-state index contributed by atoms with van der Waals surface area (Å²) in [4.78, 5) is 3.34. The minimum absolute atomic E-state index is 0.429. The van der Waals surface area contributed by atoms with Crippen molar-refractivity contribution in [1.29, 1.82) is 5.26 Å². The molecule has 0 aromatic carbocycles. The Balaban J connectivity index is 3.64. The molecule has 7 heteroatoms. The van der Waals surface area contributed by atoms with Crippen molar-refractivity contribution in [2.45, 2.75) is 19.5 Å². The normalized spacial score (nSPS) is 11.6. The molecule has 16 heavy (non-hydrogen) atoms. The van der Waals surface area contributed by atoms with Gasteiger partial charge in [-0.15, -0.1) is 0 Å². The molecule has 2 nitrogen and oxygen atoms in total. The van der Waals surface area contributed by atoms with Crippen LogP contribution >= 0.6 is 0 Å². The highest BCUT2D eigenvalue weighted by Crippen LogP contribution is 2.39. The molecular weight excluding hydrogens is 231 g/mol. The number of halogens is 5. The predicted octanol–water partition coefficient (Wildman–Crippen LogP) is 3.22. The molecule has 86 valence electrons. The first-order chi connectivity index (χ1) is 7.29. The molecule has 1 aromatic rings. The molecule has 0 atom stereocenters. The van der Waals surface area contributed by atoms with Crippen LogP contribution in [-0.2, 0) is 6.18 Å². The van der Waals surface area contributed by atoms with Gasteiger partial charge in [0.05, 0.1) is 16.7 Å². The van der Waals surface area contributed by atoms with Crippen molar-refractivity contribution in [2.24, 2.45) is 0 Å². The van der Waals surface area contributed by atoms with Gasteiger partial charge >= 0.3 is 6.18 Å². The lowest BCUT2D eigenvalue weighted by Crippen LogP contribution is -2.14. The van der Waals surface area contributed by atoms with E-state index in [9.17, 15) is 22.0 Å². The summed E-state index contributed by atoms with van der Waals surface area (Å²) in [5, 5.41) is 8.44. The Morgan fingerprint density at radius 2 is 1.94 bits per heavy atom. The van der Waals surface area contributed by atoms with Crippen molar-refractivity contribution in [1.82, 2.24) is 4.98 Å². The van der Waals surface area contributed by atoms with Crippen molar-refractivity contribution in [3.05, 3.63) is 28.6 Å². The maximum Gasteiger partial charge on any atom is 0.418 e. The van der Waals surface area contributed by atoms with Crippen LogP contribution in [0.2, 0.25) is 0 Å². The Kier molecular flexibility index (Phi) is 3.12. The van der Waals surface area contributed by atoms with Crippen molar-refractivity contribution in [3.63, 3.8) is 0 Å². The van der Waals surface area contributed by atoms with Gasteiger partial charge in [-0.2, -0.15) is 18.4 Å². The zero-order chi connectivity index (χ0) is 12.5. The number of hydrogen-bond acceptors (Lipinski definition) is 2. The van der Waals surface area contributed by atoms with Crippen molar-refractivity contribution < 1.29 is 22.0 Å². The van der Waals surface area contributed by atoms with Crippen LogP contribution in [-0.4, -0.2) is 4.98 Å². The van der Waals surface area contributed by atoms with Crippen LogP contribution in [0.25, 0.3) is 0 Å². The summed E-state index contributed by atoms with van der Waals surface area (Å²) >= 11 is 0. The van der Waals surface area contributed by atoms with Gasteiger partial charge < -0.3 is 0 Å². The molecule has 0 radical (unpaired) electrons. The lowest BCUT2D eigenvalue weighted by Gasteiger charge is -2.15. The maximum atomic E-state index is 12.5. The smallest absolute Gasteiger partial charge is 0.260 e. The van der Waals surface area contributed by atoms with E-state index in [0.29, 0.717) is 6.20 Å². The fraction of sp³-hybridized carbons (Fsp3) is 0.333. The fourth-order valence-corrected chi connectivity index (χ4v) is 1.28. The van der Waals surface area contributed by atoms with E-state index in [1.807, 2.05) is 0 Å². The summed E-state index contributed by atoms with van der Waals surface area (Å²) in [6.07, 6.45) is -7.67. The Morgan fingerprint density at radius 1 is 1.38 bits per heavy atom. The van der Waals surface area contributed by atoms with E-state index in [4.69, 9.17) is 5.26 Å². The van der Waals surface area contributed by atoms with E-state index < -0.39 is 35.0 Å². The van der Waals surface area contributed by atoms with Crippen LogP contribution in [0.1, 0.15) is 28.8 Å². The number of nitriles is 1. The molecule has 0 bridgehead atoms. The third kappa shape index (κ3) is 2.10. The second-order valence-electron chi connectivity index (χ2n) is 2.96. The van der Waals surface area contributed by atoms with Gasteiger partial charge in [-0.05, 0) is 6.92 Å². The molecule has 1 heterocycles. The summed E-state index contributed by atoms with van der Waals surface area (Å²) in [5.41, 5.74) is -4.15. The zero-order valence-corrected chi connectivity index (χ0v) is 7.94. The van der Waals surface area contributed by atoms with Crippen molar-refractivity contribution in [2.75, 3.05) is 0 Å². The Hall–Kier alpha value is -1.71. The van der Waals surface area contributed by atoms with Crippen LogP contribution in [0.4, 0.5) is 22.0 Å². The molecule has 1 rings (SSSR count). The molecule has 0 aliphatic heterocycles. The first-order valence-electron chi connectivity index (χ1n) is 4.04. The Morgan fingerprint density at radius 3 is 2.31 bits per heavy atom. The lowest BCUT2D eigenvalue weighted by molar-refractivity contribution is -0.139. The van der Waals surface area contributed by atoms with Crippen LogP contribution in [0, 0.1) is 18.3 Å². The van der Waals surface area contributed by atoms with Gasteiger partial charge in [-0.1, -0.05) is 0 Å². The standard InChI is InChI=1S/C9H5F5N2/c1-4-6(8(10)11)7(9(12,13)14)5(2-15)3-16-4/h3,8H,1H3. The van der Waals surface area contributed by atoms with E-state index in [0.717, 1.165) is 6.92 Å². The first-order valence-corrected chi connectivity index (χ1v) is 4.04. The summed E-state index contributed by atoms with van der Waals surface area (Å²) in [7, 11) is 0. The van der Waals surface area contributed by atoms with E-state index in [-0.39, 0.29) is 0 Å². The van der Waals surface area contributed by atoms with E-state index >= 15 is 0 Å². The summed E-state index contributed by atoms with van der Waals surface area (Å²) in [6, 6.07) is 1.21. The first kappa shape index (κ1) is 12.4. The lowest BCUT2D eigenvalue weighted by atomic mass is 10.0. The van der Waals surface area contributed by atoms with Gasteiger partial charge in [0.25, 0.3) is 6.43 Å². The molecule has 0 saturated heterocycles. The molecule has 0 fully saturated rings. The number of alkyl halides is 5. The Bertz CT molecular complexity index is 444. The van der Waals surface area contributed by atoms with Crippen molar-refractivity contribution >= 4 is 0 Å². The van der Waals surface area contributed by atoms with E-state index in [1.54, 1.807) is 0 Å². The number of hydrogen-bond donors (Lipinski definition) is 0. The number of aryl methyl sites for hydroxylation is 1. The zero-order valence-electron chi connectivity index (χ0n) is 7.94. The highest BCUT2D eigenvalue weighted by Gasteiger charge is 2.39. The quantitative estimate of drug-likeness (QED) is 0.702. The van der Waals surface area contributed by atoms with Gasteiger partial charge in [0.15, 0.2) is 0 Å². The van der Waals surface area contributed by atoms with Crippen molar-refractivity contribution in [3.8, 4) is 6.07 Å². The molecule has 0 aliphatic rings. The van der Waals surface area contributed by atoms with Gasteiger partial charge in [0.2, 0.25) is 0 Å². The summed E-state index contributed by atoms with van der Waals surface area (Å²) in [6.45, 7) is 1.04. The van der Waals surface area contributed by atoms with Gasteiger partial charge in [0.1, 0.15) is 6.07 Å². The van der Waals surface area contributed by atoms with Crippen LogP contribution in [0.3, 0.4) is 0 Å². The van der Waals surface area contributed by atoms with Gasteiger partial charge in [-0.25, -0.2) is 8.78 Å². The van der Waals surface area contributed by atoms with E-state index in [1.165, 1.54) is 6.07 Å². The third-order valence-corrected chi connectivity index (χ3v) is 1.94. The monoisotopic (exact) mass is 236 g/mol. The maximum absolute atomic E-state index is 12.5. The number of aromatic nitrogens is 1. The minimum atomic E-state index is -5.00. The molecule has 0 unspecified atom stereocenters. The number of nitrogens with zero attached hydrogens (tertiary/aromatic N) is 2. The van der Waals surface area contributed by atoms with Gasteiger partial charge in [-0.3, -0.25) is 4.98 Å². The molecule has 1 aromatic heterocycles. The highest BCUT2D eigenvalue weighted by atomic mass is 19.4. The topological polar surface area (TPSA) is 36.7 Å². The average molecular weight is 236 g/mol. The molecule has 0 aliphatic carbocycles. The largest absolute Gasteiger partial charge is 0.418 e. The Labute approximate surface area is 87.3 Å². The summed E-state index contributed by atoms with van der Waals surface area (Å²) < 4.78 is 62.5. The second-order valence-corrected chi connectivity index (χ2v) is 2.96. The minimum Gasteiger partial charge on any atom is -0.260 e. The van der Waals surface area contributed by atoms with Crippen LogP contribution in [0.5, 0.6) is 0 Å². The number of rotatable bonds is 1. The molecular formula is C9H5F5N2. The van der Waals surface area contributed by atoms with Crippen LogP contribution in [0.15, 0.2) is 6.20 Å². The van der Waals surface area contributed by atoms with Crippen LogP contribution < -0.4 is 0 Å². The third-order valence-electron chi connectivity index (χ3n) is 1.94. The SMILES string of the molecule is Cc1ncc(C#N)c(C(F)(F)F)c1C(F)F.